The monoisotopic (exact) mass is 436 g/mol. The first-order chi connectivity index (χ1) is 15.3. The second-order valence-electron chi connectivity index (χ2n) is 6.78. The van der Waals surface area contributed by atoms with Crippen LogP contribution in [0.3, 0.4) is 0 Å². The number of hydrogen-bond donors (Lipinski definition) is 2. The lowest BCUT2D eigenvalue weighted by molar-refractivity contribution is -0.181. The number of carbonyl (C=O) groups is 4. The molecule has 0 spiro atoms. The van der Waals surface area contributed by atoms with Crippen molar-refractivity contribution in [2.45, 2.75) is 17.6 Å². The summed E-state index contributed by atoms with van der Waals surface area (Å²) in [5, 5.41) is 0. The molecular weight excluding hydrogens is 412 g/mol. The molecule has 0 bridgehead atoms. The average Bonchev–Trinajstić information content (AvgIpc) is 2.80. The van der Waals surface area contributed by atoms with Crippen LogP contribution < -0.4 is 11.5 Å². The normalized spacial score (nSPS) is 14.2. The van der Waals surface area contributed by atoms with E-state index in [9.17, 15) is 19.2 Å². The third kappa shape index (κ3) is 4.35. The van der Waals surface area contributed by atoms with E-state index in [-0.39, 0.29) is 17.7 Å². The van der Waals surface area contributed by atoms with E-state index in [0.717, 1.165) is 0 Å². The van der Waals surface area contributed by atoms with Crippen LogP contribution in [0.2, 0.25) is 0 Å². The third-order valence-electron chi connectivity index (χ3n) is 4.80. The molecule has 0 radical (unpaired) electrons. The van der Waals surface area contributed by atoms with Gasteiger partial charge in [-0.1, -0.05) is 60.7 Å². The maximum absolute atomic E-state index is 13.7. The van der Waals surface area contributed by atoms with Gasteiger partial charge in [-0.05, 0) is 12.1 Å². The number of benzene rings is 2. The number of hydrogen-bond acceptors (Lipinski definition) is 6. The zero-order chi connectivity index (χ0) is 23.8. The van der Waals surface area contributed by atoms with E-state index in [1.165, 1.54) is 48.6 Å². The van der Waals surface area contributed by atoms with Crippen LogP contribution in [0.15, 0.2) is 86.0 Å². The molecule has 0 heterocycles. The maximum Gasteiger partial charge on any atom is 0.339 e. The lowest BCUT2D eigenvalue weighted by atomic mass is 9.73. The Bertz CT molecular complexity index is 1020. The maximum atomic E-state index is 13.7. The summed E-state index contributed by atoms with van der Waals surface area (Å²) in [5.74, 6) is -4.83. The number of ether oxygens (including phenoxy) is 2. The number of Topliss-reactive ketones (excluding diaryl/α,β-unsaturated/α-hetero) is 1. The summed E-state index contributed by atoms with van der Waals surface area (Å²) >= 11 is 0. The van der Waals surface area contributed by atoms with Gasteiger partial charge in [0, 0.05) is 12.0 Å². The number of primary amides is 2. The Morgan fingerprint density at radius 1 is 0.812 bits per heavy atom. The van der Waals surface area contributed by atoms with Crippen molar-refractivity contribution in [1.82, 2.24) is 0 Å². The van der Waals surface area contributed by atoms with Gasteiger partial charge in [-0.2, -0.15) is 0 Å². The van der Waals surface area contributed by atoms with Gasteiger partial charge in [0.1, 0.15) is 0 Å². The molecule has 32 heavy (non-hydrogen) atoms. The molecule has 0 aliphatic rings. The van der Waals surface area contributed by atoms with E-state index in [0.29, 0.717) is 0 Å². The third-order valence-corrected chi connectivity index (χ3v) is 4.80. The number of carbonyl (C=O) groups excluding carboxylic acids is 4. The number of nitrogens with two attached hydrogens (primary N) is 2. The van der Waals surface area contributed by atoms with Crippen molar-refractivity contribution >= 4 is 23.6 Å². The van der Waals surface area contributed by atoms with E-state index in [1.54, 1.807) is 24.3 Å². The molecule has 4 N–H and O–H groups in total. The highest BCUT2D eigenvalue weighted by atomic mass is 16.6. The standard InChI is InChI=1S/C24H24N2O6/c1-3-15-23(21(25)29,31-16-4-2)24(22(26)30,19(27)17-11-7-5-8-12-17)32-20(28)18-13-9-6-10-14-18/h3-14H,1-2,15-16H2,(H2,25,29)(H2,26,30). The van der Waals surface area contributed by atoms with Crippen LogP contribution in [0.5, 0.6) is 0 Å². The summed E-state index contributed by atoms with van der Waals surface area (Å²) in [7, 11) is 0. The minimum absolute atomic E-state index is 0.0136. The predicted molar refractivity (Wildman–Crippen MR) is 117 cm³/mol. The van der Waals surface area contributed by atoms with Gasteiger partial charge >= 0.3 is 5.97 Å². The Morgan fingerprint density at radius 2 is 1.34 bits per heavy atom. The first kappa shape index (κ1) is 24.2. The molecule has 0 saturated carbocycles. The second-order valence-corrected chi connectivity index (χ2v) is 6.78. The molecule has 2 atom stereocenters. The number of esters is 1. The van der Waals surface area contributed by atoms with Crippen LogP contribution in [-0.2, 0) is 19.1 Å². The minimum Gasteiger partial charge on any atom is -0.433 e. The van der Waals surface area contributed by atoms with Crippen molar-refractivity contribution < 1.29 is 28.7 Å². The molecule has 0 fully saturated rings. The first-order valence-corrected chi connectivity index (χ1v) is 9.60. The van der Waals surface area contributed by atoms with E-state index in [1.807, 2.05) is 0 Å². The minimum atomic E-state index is -2.94. The van der Waals surface area contributed by atoms with Gasteiger partial charge in [-0.15, -0.1) is 13.2 Å². The molecule has 2 unspecified atom stereocenters. The van der Waals surface area contributed by atoms with Crippen molar-refractivity contribution in [3.05, 3.63) is 97.1 Å². The number of amides is 2. The lowest BCUT2D eigenvalue weighted by Gasteiger charge is -2.43. The van der Waals surface area contributed by atoms with Gasteiger partial charge in [0.15, 0.2) is 0 Å². The van der Waals surface area contributed by atoms with Gasteiger partial charge in [-0.3, -0.25) is 14.4 Å². The summed E-state index contributed by atoms with van der Waals surface area (Å²) in [4.78, 5) is 52.5. The molecule has 0 saturated heterocycles. The molecule has 8 nitrogen and oxygen atoms in total. The fourth-order valence-corrected chi connectivity index (χ4v) is 3.29. The van der Waals surface area contributed by atoms with Crippen LogP contribution in [0.4, 0.5) is 0 Å². The zero-order valence-corrected chi connectivity index (χ0v) is 17.4. The fourth-order valence-electron chi connectivity index (χ4n) is 3.29. The van der Waals surface area contributed by atoms with Crippen molar-refractivity contribution in [2.75, 3.05) is 6.61 Å². The average molecular weight is 436 g/mol. The van der Waals surface area contributed by atoms with E-state index in [2.05, 4.69) is 13.2 Å². The fraction of sp³-hybridized carbons (Fsp3) is 0.167. The van der Waals surface area contributed by atoms with Crippen molar-refractivity contribution in [3.63, 3.8) is 0 Å². The van der Waals surface area contributed by atoms with Crippen LogP contribution in [-0.4, -0.2) is 41.4 Å². The molecule has 2 amide bonds. The van der Waals surface area contributed by atoms with E-state index < -0.39 is 41.2 Å². The molecule has 0 aliphatic carbocycles. The predicted octanol–water partition coefficient (Wildman–Crippen LogP) is 1.95. The van der Waals surface area contributed by atoms with Gasteiger partial charge in [0.2, 0.25) is 11.4 Å². The van der Waals surface area contributed by atoms with Crippen molar-refractivity contribution in [1.29, 1.82) is 0 Å². The Morgan fingerprint density at radius 3 is 1.78 bits per heavy atom. The summed E-state index contributed by atoms with van der Waals surface area (Å²) in [6, 6.07) is 15.0. The highest BCUT2D eigenvalue weighted by molar-refractivity contribution is 6.22. The Balaban J connectivity index is 2.85. The summed E-state index contributed by atoms with van der Waals surface area (Å²) in [6.07, 6.45) is 2.03. The molecule has 2 aromatic rings. The summed E-state index contributed by atoms with van der Waals surface area (Å²) in [6.45, 7) is 6.76. The lowest BCUT2D eigenvalue weighted by Crippen LogP contribution is -2.73. The molecule has 0 aromatic heterocycles. The second kappa shape index (κ2) is 10.3. The Kier molecular flexibility index (Phi) is 7.81. The molecule has 0 aliphatic heterocycles. The first-order valence-electron chi connectivity index (χ1n) is 9.60. The van der Waals surface area contributed by atoms with Crippen LogP contribution in [0.1, 0.15) is 27.1 Å². The van der Waals surface area contributed by atoms with Gasteiger partial charge < -0.3 is 20.9 Å². The van der Waals surface area contributed by atoms with Crippen molar-refractivity contribution in [3.8, 4) is 0 Å². The van der Waals surface area contributed by atoms with Gasteiger partial charge in [0.25, 0.3) is 17.4 Å². The molecule has 2 rings (SSSR count). The molecule has 8 heteroatoms. The van der Waals surface area contributed by atoms with Crippen LogP contribution >= 0.6 is 0 Å². The SMILES string of the molecule is C=CCOC(CC=C)(C(N)=O)C(OC(=O)c1ccccc1)(C(N)=O)C(=O)c1ccccc1. The van der Waals surface area contributed by atoms with Gasteiger partial charge in [0.05, 0.1) is 12.2 Å². The molecule has 166 valence electrons. The zero-order valence-electron chi connectivity index (χ0n) is 17.4. The van der Waals surface area contributed by atoms with Crippen LogP contribution in [0.25, 0.3) is 0 Å². The summed E-state index contributed by atoms with van der Waals surface area (Å²) in [5.41, 5.74) is 5.86. The smallest absolute Gasteiger partial charge is 0.339 e. The molecular formula is C24H24N2O6. The summed E-state index contributed by atoms with van der Waals surface area (Å²) < 4.78 is 11.1. The van der Waals surface area contributed by atoms with Gasteiger partial charge in [-0.25, -0.2) is 4.79 Å². The highest BCUT2D eigenvalue weighted by Gasteiger charge is 2.68. The Hall–Kier alpha value is -4.04. The number of rotatable bonds is 12. The highest BCUT2D eigenvalue weighted by Crippen LogP contribution is 2.38. The van der Waals surface area contributed by atoms with Crippen molar-refractivity contribution in [2.24, 2.45) is 11.5 Å². The molecule has 2 aromatic carbocycles. The quantitative estimate of drug-likeness (QED) is 0.226. The largest absolute Gasteiger partial charge is 0.433 e. The van der Waals surface area contributed by atoms with E-state index in [4.69, 9.17) is 20.9 Å². The van der Waals surface area contributed by atoms with E-state index >= 15 is 0 Å². The topological polar surface area (TPSA) is 139 Å². The van der Waals surface area contributed by atoms with Crippen LogP contribution in [0, 0.1) is 0 Å². The Labute approximate surface area is 185 Å². The number of ketones is 1.